The highest BCUT2D eigenvalue weighted by molar-refractivity contribution is 8.16. The monoisotopic (exact) mass is 412 g/mol. The van der Waals surface area contributed by atoms with Crippen LogP contribution in [0.5, 0.6) is 0 Å². The Morgan fingerprint density at radius 3 is 2.39 bits per heavy atom. The van der Waals surface area contributed by atoms with Crippen LogP contribution in [-0.4, -0.2) is 36.5 Å². The second-order valence-electron chi connectivity index (χ2n) is 6.10. The van der Waals surface area contributed by atoms with Gasteiger partial charge in [-0.25, -0.2) is 4.79 Å². The molecule has 0 bridgehead atoms. The quantitative estimate of drug-likeness (QED) is 0.521. The summed E-state index contributed by atoms with van der Waals surface area (Å²) in [6.07, 6.45) is 1.23. The average Bonchev–Trinajstić information content (AvgIpc) is 2.77. The van der Waals surface area contributed by atoms with Gasteiger partial charge in [0.25, 0.3) is 5.91 Å². The molecule has 0 aromatic heterocycles. The van der Waals surface area contributed by atoms with Crippen molar-refractivity contribution in [3.63, 3.8) is 0 Å². The molecule has 144 valence electrons. The molecule has 0 spiro atoms. The fourth-order valence-corrected chi connectivity index (χ4v) is 5.64. The van der Waals surface area contributed by atoms with E-state index in [1.807, 2.05) is 47.8 Å². The minimum absolute atomic E-state index is 0.105. The normalized spacial score (nSPS) is 14.1. The number of rotatable bonds is 6. The predicted octanol–water partition coefficient (Wildman–Crippen LogP) is 4.27. The van der Waals surface area contributed by atoms with Crippen LogP contribution in [0.3, 0.4) is 0 Å². The number of esters is 1. The van der Waals surface area contributed by atoms with Crippen LogP contribution in [0.2, 0.25) is 0 Å². The Balaban J connectivity index is 1.58. The fourth-order valence-electron chi connectivity index (χ4n) is 2.75. The van der Waals surface area contributed by atoms with Gasteiger partial charge < -0.3 is 4.74 Å². The largest absolute Gasteiger partial charge is 0.452 e. The van der Waals surface area contributed by atoms with Crippen molar-refractivity contribution < 1.29 is 14.3 Å². The fraction of sp³-hybridized carbons (Fsp3) is 0.286. The number of ether oxygens (including phenoxy) is 1. The molecule has 2 aromatic carbocycles. The van der Waals surface area contributed by atoms with Crippen LogP contribution in [0.25, 0.3) is 0 Å². The first-order valence-electron chi connectivity index (χ1n) is 8.91. The van der Waals surface area contributed by atoms with Crippen molar-refractivity contribution in [1.82, 2.24) is 0 Å². The molecule has 1 saturated heterocycles. The molecule has 7 heteroatoms. The number of carbonyl (C=O) groups is 2. The van der Waals surface area contributed by atoms with Crippen molar-refractivity contribution in [3.8, 4) is 6.07 Å². The van der Waals surface area contributed by atoms with Gasteiger partial charge in [0.2, 0.25) is 0 Å². The number of anilines is 1. The molecule has 5 nitrogen and oxygen atoms in total. The highest BCUT2D eigenvalue weighted by Gasteiger charge is 2.19. The van der Waals surface area contributed by atoms with Crippen LogP contribution in [-0.2, 0) is 9.53 Å². The van der Waals surface area contributed by atoms with E-state index in [4.69, 9.17) is 10.00 Å². The molecule has 1 fully saturated rings. The van der Waals surface area contributed by atoms with Gasteiger partial charge in [0.1, 0.15) is 6.54 Å². The lowest BCUT2D eigenvalue weighted by atomic mass is 10.1. The lowest BCUT2D eigenvalue weighted by Gasteiger charge is -2.21. The summed E-state index contributed by atoms with van der Waals surface area (Å²) >= 11 is 3.84. The summed E-state index contributed by atoms with van der Waals surface area (Å²) in [5.74, 6) is 1.33. The van der Waals surface area contributed by atoms with Gasteiger partial charge >= 0.3 is 5.97 Å². The van der Waals surface area contributed by atoms with E-state index in [2.05, 4.69) is 0 Å². The van der Waals surface area contributed by atoms with Crippen molar-refractivity contribution >= 4 is 41.1 Å². The number of thioether (sulfide) groups is 2. The van der Waals surface area contributed by atoms with E-state index in [1.165, 1.54) is 16.9 Å². The van der Waals surface area contributed by atoms with Crippen LogP contribution in [0, 0.1) is 11.3 Å². The zero-order valence-corrected chi connectivity index (χ0v) is 16.9. The molecular weight excluding hydrogens is 392 g/mol. The molecule has 1 heterocycles. The van der Waals surface area contributed by atoms with Gasteiger partial charge in [0.05, 0.1) is 16.2 Å². The second-order valence-corrected chi connectivity index (χ2v) is 8.82. The summed E-state index contributed by atoms with van der Waals surface area (Å²) in [7, 11) is 0. The molecule has 1 aliphatic rings. The van der Waals surface area contributed by atoms with E-state index in [0.717, 1.165) is 11.5 Å². The number of carbonyl (C=O) groups excluding carboxylic acids is 2. The molecule has 0 atom stereocenters. The Kier molecular flexibility index (Phi) is 7.40. The van der Waals surface area contributed by atoms with E-state index in [9.17, 15) is 9.59 Å². The van der Waals surface area contributed by atoms with E-state index >= 15 is 0 Å². The molecule has 0 N–H and O–H groups in total. The highest BCUT2D eigenvalue weighted by atomic mass is 32.2. The third-order valence-electron chi connectivity index (χ3n) is 4.17. The minimum atomic E-state index is -0.547. The summed E-state index contributed by atoms with van der Waals surface area (Å²) in [5, 5.41) is 8.98. The zero-order valence-electron chi connectivity index (χ0n) is 15.2. The van der Waals surface area contributed by atoms with Crippen LogP contribution in [0.1, 0.15) is 26.9 Å². The standard InChI is InChI=1S/C21H20N2O3S2/c22-11-12-23(18-5-2-1-3-6-18)19(24)15-26-20(25)16-7-9-17(10-8-16)21-27-13-4-14-28-21/h1-3,5-10,21H,4,12-15H2. The van der Waals surface area contributed by atoms with Crippen molar-refractivity contribution in [2.45, 2.75) is 11.0 Å². The number of nitriles is 1. The first kappa shape index (κ1) is 20.3. The van der Waals surface area contributed by atoms with Crippen molar-refractivity contribution in [2.24, 2.45) is 0 Å². The maximum absolute atomic E-state index is 12.4. The maximum Gasteiger partial charge on any atom is 0.338 e. The number of amides is 1. The van der Waals surface area contributed by atoms with E-state index in [0.29, 0.717) is 15.8 Å². The SMILES string of the molecule is N#CCN(C(=O)COC(=O)c1ccc(C2SCCCS2)cc1)c1ccccc1. The number of para-hydroxylation sites is 1. The summed E-state index contributed by atoms with van der Waals surface area (Å²) < 4.78 is 5.58. The summed E-state index contributed by atoms with van der Waals surface area (Å²) in [5.41, 5.74) is 2.19. The summed E-state index contributed by atoms with van der Waals surface area (Å²) in [6.45, 7) is -0.517. The molecule has 0 saturated carbocycles. The van der Waals surface area contributed by atoms with Gasteiger partial charge in [0, 0.05) is 5.69 Å². The van der Waals surface area contributed by atoms with Gasteiger partial charge in [-0.1, -0.05) is 30.3 Å². The Morgan fingerprint density at radius 1 is 1.07 bits per heavy atom. The average molecular weight is 413 g/mol. The topological polar surface area (TPSA) is 70.4 Å². The zero-order chi connectivity index (χ0) is 19.8. The Bertz CT molecular complexity index is 844. The van der Waals surface area contributed by atoms with Crippen molar-refractivity contribution in [2.75, 3.05) is 29.6 Å². The number of hydrogen-bond acceptors (Lipinski definition) is 6. The lowest BCUT2D eigenvalue weighted by molar-refractivity contribution is -0.121. The van der Waals surface area contributed by atoms with E-state index in [-0.39, 0.29) is 6.54 Å². The summed E-state index contributed by atoms with van der Waals surface area (Å²) in [4.78, 5) is 26.0. The molecule has 0 radical (unpaired) electrons. The summed E-state index contributed by atoms with van der Waals surface area (Å²) in [6, 6.07) is 18.2. The van der Waals surface area contributed by atoms with Crippen LogP contribution >= 0.6 is 23.5 Å². The highest BCUT2D eigenvalue weighted by Crippen LogP contribution is 2.43. The van der Waals surface area contributed by atoms with Crippen LogP contribution < -0.4 is 4.90 Å². The number of hydrogen-bond donors (Lipinski definition) is 0. The molecular formula is C21H20N2O3S2. The third-order valence-corrected chi connectivity index (χ3v) is 7.19. The van der Waals surface area contributed by atoms with Gasteiger partial charge in [-0.2, -0.15) is 5.26 Å². The Hall–Kier alpha value is -2.43. The molecule has 3 rings (SSSR count). The van der Waals surface area contributed by atoms with E-state index < -0.39 is 18.5 Å². The number of benzene rings is 2. The second kappa shape index (κ2) is 10.2. The van der Waals surface area contributed by atoms with Gasteiger partial charge in [-0.05, 0) is 47.8 Å². The van der Waals surface area contributed by atoms with Gasteiger partial charge in [-0.3, -0.25) is 9.69 Å². The van der Waals surface area contributed by atoms with Gasteiger partial charge in [0.15, 0.2) is 6.61 Å². The van der Waals surface area contributed by atoms with E-state index in [1.54, 1.807) is 36.4 Å². The van der Waals surface area contributed by atoms with Crippen LogP contribution in [0.15, 0.2) is 54.6 Å². The number of nitrogens with zero attached hydrogens (tertiary/aromatic N) is 2. The van der Waals surface area contributed by atoms with Crippen molar-refractivity contribution in [3.05, 3.63) is 65.7 Å². The molecule has 28 heavy (non-hydrogen) atoms. The lowest BCUT2D eigenvalue weighted by Crippen LogP contribution is -2.35. The Labute approximate surface area is 173 Å². The molecule has 2 aromatic rings. The van der Waals surface area contributed by atoms with Crippen LogP contribution in [0.4, 0.5) is 5.69 Å². The van der Waals surface area contributed by atoms with Crippen molar-refractivity contribution in [1.29, 1.82) is 5.26 Å². The molecule has 1 aliphatic heterocycles. The maximum atomic E-state index is 12.4. The first-order chi connectivity index (χ1) is 13.7. The molecule has 0 aliphatic carbocycles. The van der Waals surface area contributed by atoms with Gasteiger partial charge in [-0.15, -0.1) is 23.5 Å². The smallest absolute Gasteiger partial charge is 0.338 e. The molecule has 1 amide bonds. The third kappa shape index (κ3) is 5.31. The molecule has 0 unspecified atom stereocenters. The Morgan fingerprint density at radius 2 is 1.75 bits per heavy atom. The minimum Gasteiger partial charge on any atom is -0.452 e. The predicted molar refractivity (Wildman–Crippen MR) is 113 cm³/mol. The first-order valence-corrected chi connectivity index (χ1v) is 11.0.